The van der Waals surface area contributed by atoms with Crippen LogP contribution in [0.5, 0.6) is 5.88 Å². The molecule has 2 N–H and O–H groups in total. The number of pyridine rings is 2. The van der Waals surface area contributed by atoms with Gasteiger partial charge in [-0.2, -0.15) is 0 Å². The Hall–Kier alpha value is -3.67. The average molecular weight is 386 g/mol. The van der Waals surface area contributed by atoms with E-state index >= 15 is 0 Å². The Labute approximate surface area is 169 Å². The number of rotatable bonds is 7. The van der Waals surface area contributed by atoms with Crippen molar-refractivity contribution in [2.24, 2.45) is 0 Å². The standard InChI is InChI=1S/C23H22N4O2/c1-2-18-20(27-29-23(18)19-9-6-10-21(24)26-19)14-16-7-5-8-17(13-16)15-28-22-11-3-4-12-25-22/h3-13H,2,14-15H2,1H3,(H2,24,26). The van der Waals surface area contributed by atoms with Crippen LogP contribution in [0.2, 0.25) is 0 Å². The summed E-state index contributed by atoms with van der Waals surface area (Å²) in [6.07, 6.45) is 3.19. The zero-order chi connectivity index (χ0) is 20.1. The van der Waals surface area contributed by atoms with Gasteiger partial charge in [-0.25, -0.2) is 9.97 Å². The van der Waals surface area contributed by atoms with Gasteiger partial charge in [0.05, 0.1) is 5.69 Å². The molecule has 0 saturated heterocycles. The molecule has 0 aliphatic rings. The minimum atomic E-state index is 0.461. The number of nitrogens with zero attached hydrogens (tertiary/aromatic N) is 3. The molecule has 0 radical (unpaired) electrons. The van der Waals surface area contributed by atoms with E-state index in [0.29, 0.717) is 36.2 Å². The number of hydrogen-bond acceptors (Lipinski definition) is 6. The number of nitrogen functional groups attached to an aromatic ring is 1. The monoisotopic (exact) mass is 386 g/mol. The lowest BCUT2D eigenvalue weighted by Gasteiger charge is -2.07. The van der Waals surface area contributed by atoms with E-state index in [1.165, 1.54) is 0 Å². The van der Waals surface area contributed by atoms with E-state index in [0.717, 1.165) is 28.8 Å². The van der Waals surface area contributed by atoms with Gasteiger partial charge in [-0.15, -0.1) is 0 Å². The fourth-order valence-corrected chi connectivity index (χ4v) is 3.24. The van der Waals surface area contributed by atoms with Crippen LogP contribution in [0, 0.1) is 0 Å². The molecule has 1 aromatic carbocycles. The highest BCUT2D eigenvalue weighted by molar-refractivity contribution is 5.60. The van der Waals surface area contributed by atoms with E-state index in [1.54, 1.807) is 12.3 Å². The van der Waals surface area contributed by atoms with E-state index in [9.17, 15) is 0 Å². The second kappa shape index (κ2) is 8.56. The number of nitrogens with two attached hydrogens (primary N) is 1. The Morgan fingerprint density at radius 3 is 2.66 bits per heavy atom. The second-order valence-electron chi connectivity index (χ2n) is 6.69. The number of ether oxygens (including phenoxy) is 1. The van der Waals surface area contributed by atoms with Crippen LogP contribution in [0.4, 0.5) is 5.82 Å². The highest BCUT2D eigenvalue weighted by atomic mass is 16.5. The molecule has 6 heteroatoms. The van der Waals surface area contributed by atoms with E-state index in [2.05, 4.69) is 34.2 Å². The number of benzene rings is 1. The maximum absolute atomic E-state index is 5.82. The summed E-state index contributed by atoms with van der Waals surface area (Å²) in [4.78, 5) is 8.55. The fraction of sp³-hybridized carbons (Fsp3) is 0.174. The van der Waals surface area contributed by atoms with Crippen LogP contribution in [0.1, 0.15) is 29.3 Å². The molecule has 29 heavy (non-hydrogen) atoms. The molecule has 0 saturated carbocycles. The van der Waals surface area contributed by atoms with Crippen molar-refractivity contribution in [2.75, 3.05) is 5.73 Å². The van der Waals surface area contributed by atoms with Gasteiger partial charge in [0.2, 0.25) is 5.88 Å². The largest absolute Gasteiger partial charge is 0.473 e. The fourth-order valence-electron chi connectivity index (χ4n) is 3.24. The third-order valence-corrected chi connectivity index (χ3v) is 4.61. The Kier molecular flexibility index (Phi) is 5.52. The predicted molar refractivity (Wildman–Crippen MR) is 111 cm³/mol. The van der Waals surface area contributed by atoms with Crippen molar-refractivity contribution in [1.82, 2.24) is 15.1 Å². The Morgan fingerprint density at radius 1 is 1.00 bits per heavy atom. The van der Waals surface area contributed by atoms with Gasteiger partial charge in [0, 0.05) is 24.2 Å². The number of hydrogen-bond donors (Lipinski definition) is 1. The van der Waals surface area contributed by atoms with Crippen LogP contribution >= 0.6 is 0 Å². The van der Waals surface area contributed by atoms with E-state index in [-0.39, 0.29) is 0 Å². The Balaban J connectivity index is 1.52. The predicted octanol–water partition coefficient (Wildman–Crippen LogP) is 4.45. The summed E-state index contributed by atoms with van der Waals surface area (Å²) in [5, 5.41) is 4.31. The minimum absolute atomic E-state index is 0.461. The third kappa shape index (κ3) is 4.43. The van der Waals surface area contributed by atoms with Crippen molar-refractivity contribution in [1.29, 1.82) is 0 Å². The maximum atomic E-state index is 5.82. The molecule has 4 aromatic rings. The summed E-state index contributed by atoms with van der Waals surface area (Å²) in [6.45, 7) is 2.55. The lowest BCUT2D eigenvalue weighted by Crippen LogP contribution is -1.99. The van der Waals surface area contributed by atoms with Gasteiger partial charge < -0.3 is 15.0 Å². The van der Waals surface area contributed by atoms with Crippen molar-refractivity contribution in [3.63, 3.8) is 0 Å². The number of anilines is 1. The highest BCUT2D eigenvalue weighted by Crippen LogP contribution is 2.27. The second-order valence-corrected chi connectivity index (χ2v) is 6.69. The first kappa shape index (κ1) is 18.7. The molecule has 0 unspecified atom stereocenters. The molecule has 4 rings (SSSR count). The topological polar surface area (TPSA) is 87.1 Å². The van der Waals surface area contributed by atoms with Crippen molar-refractivity contribution >= 4 is 5.82 Å². The third-order valence-electron chi connectivity index (χ3n) is 4.61. The highest BCUT2D eigenvalue weighted by Gasteiger charge is 2.17. The van der Waals surface area contributed by atoms with Crippen LogP contribution in [0.3, 0.4) is 0 Å². The molecule has 0 aliphatic heterocycles. The van der Waals surface area contributed by atoms with Gasteiger partial charge in [-0.3, -0.25) is 0 Å². The quantitative estimate of drug-likeness (QED) is 0.505. The first-order valence-electron chi connectivity index (χ1n) is 9.55. The van der Waals surface area contributed by atoms with Crippen LogP contribution in [0.15, 0.2) is 71.4 Å². The first-order chi connectivity index (χ1) is 14.2. The lowest BCUT2D eigenvalue weighted by atomic mass is 10.0. The van der Waals surface area contributed by atoms with Gasteiger partial charge in [0.1, 0.15) is 18.1 Å². The zero-order valence-corrected chi connectivity index (χ0v) is 16.2. The van der Waals surface area contributed by atoms with E-state index in [1.807, 2.05) is 42.5 Å². The molecule has 0 aliphatic carbocycles. The SMILES string of the molecule is CCc1c(Cc2cccc(COc3ccccn3)c2)noc1-c1cccc(N)n1. The zero-order valence-electron chi connectivity index (χ0n) is 16.2. The van der Waals surface area contributed by atoms with Crippen LogP contribution in [-0.4, -0.2) is 15.1 Å². The van der Waals surface area contributed by atoms with Crippen molar-refractivity contribution in [3.8, 4) is 17.3 Å². The van der Waals surface area contributed by atoms with Gasteiger partial charge in [0.15, 0.2) is 5.76 Å². The summed E-state index contributed by atoms with van der Waals surface area (Å²) in [5.41, 5.74) is 10.7. The molecular formula is C23H22N4O2. The van der Waals surface area contributed by atoms with E-state index in [4.69, 9.17) is 15.0 Å². The van der Waals surface area contributed by atoms with Gasteiger partial charge >= 0.3 is 0 Å². The van der Waals surface area contributed by atoms with Crippen molar-refractivity contribution in [2.45, 2.75) is 26.4 Å². The molecule has 0 spiro atoms. The molecule has 0 atom stereocenters. The summed E-state index contributed by atoms with van der Waals surface area (Å²) < 4.78 is 11.4. The molecule has 0 bridgehead atoms. The van der Waals surface area contributed by atoms with Gasteiger partial charge in [-0.1, -0.05) is 48.5 Å². The molecule has 3 heterocycles. The first-order valence-corrected chi connectivity index (χ1v) is 9.55. The van der Waals surface area contributed by atoms with Crippen LogP contribution < -0.4 is 10.5 Å². The molecule has 3 aromatic heterocycles. The van der Waals surface area contributed by atoms with E-state index < -0.39 is 0 Å². The maximum Gasteiger partial charge on any atom is 0.213 e. The number of aromatic nitrogens is 3. The summed E-state index contributed by atoms with van der Waals surface area (Å²) in [6, 6.07) is 19.4. The normalized spacial score (nSPS) is 10.8. The van der Waals surface area contributed by atoms with Crippen molar-refractivity contribution in [3.05, 3.63) is 89.2 Å². The Bertz CT molecular complexity index is 1090. The smallest absolute Gasteiger partial charge is 0.213 e. The molecule has 0 fully saturated rings. The van der Waals surface area contributed by atoms with Gasteiger partial charge in [0.25, 0.3) is 0 Å². The summed E-state index contributed by atoms with van der Waals surface area (Å²) in [7, 11) is 0. The molecule has 146 valence electrons. The minimum Gasteiger partial charge on any atom is -0.473 e. The molecule has 0 amide bonds. The van der Waals surface area contributed by atoms with Crippen molar-refractivity contribution < 1.29 is 9.26 Å². The average Bonchev–Trinajstić information content (AvgIpc) is 3.16. The molecular weight excluding hydrogens is 364 g/mol. The van der Waals surface area contributed by atoms with Gasteiger partial charge in [-0.05, 0) is 35.7 Å². The summed E-state index contributed by atoms with van der Waals surface area (Å²) >= 11 is 0. The lowest BCUT2D eigenvalue weighted by molar-refractivity contribution is 0.294. The Morgan fingerprint density at radius 2 is 1.86 bits per heavy atom. The van der Waals surface area contributed by atoms with Crippen LogP contribution in [0.25, 0.3) is 11.5 Å². The molecule has 6 nitrogen and oxygen atoms in total. The summed E-state index contributed by atoms with van der Waals surface area (Å²) in [5.74, 6) is 1.76. The van der Waals surface area contributed by atoms with Crippen LogP contribution in [-0.2, 0) is 19.4 Å².